The Morgan fingerprint density at radius 3 is 2.83 bits per heavy atom. The summed E-state index contributed by atoms with van der Waals surface area (Å²) in [5.41, 5.74) is 1.70. The summed E-state index contributed by atoms with van der Waals surface area (Å²) < 4.78 is 4.90. The third kappa shape index (κ3) is 2.24. The van der Waals surface area contributed by atoms with Crippen molar-refractivity contribution in [1.82, 2.24) is 10.2 Å². The zero-order chi connectivity index (χ0) is 16.9. The van der Waals surface area contributed by atoms with Crippen molar-refractivity contribution in [1.29, 1.82) is 0 Å². The van der Waals surface area contributed by atoms with E-state index in [1.165, 1.54) is 0 Å². The average molecular weight is 342 g/mol. The number of nitrogens with one attached hydrogen (secondary N) is 1. The third-order valence-corrected chi connectivity index (χ3v) is 6.10. The summed E-state index contributed by atoms with van der Waals surface area (Å²) in [5.74, 6) is 0.485. The Bertz CT molecular complexity index is 800. The number of thioether (sulfide) groups is 1. The Hall–Kier alpha value is -2.21. The number of carbonyl (C=O) groups excluding carboxylic acids is 2. The molecule has 1 fully saturated rings. The first kappa shape index (κ1) is 15.3. The third-order valence-electron chi connectivity index (χ3n) is 4.56. The van der Waals surface area contributed by atoms with Gasteiger partial charge in [-0.05, 0) is 37.6 Å². The summed E-state index contributed by atoms with van der Waals surface area (Å²) in [6.45, 7) is 4.36. The topological polar surface area (TPSA) is 62.6 Å². The van der Waals surface area contributed by atoms with Crippen LogP contribution in [-0.4, -0.2) is 27.5 Å². The zero-order valence-electron chi connectivity index (χ0n) is 13.5. The molecule has 1 aromatic carbocycles. The Morgan fingerprint density at radius 2 is 2.08 bits per heavy atom. The van der Waals surface area contributed by atoms with Gasteiger partial charge in [0.05, 0.1) is 12.8 Å². The van der Waals surface area contributed by atoms with Crippen LogP contribution < -0.4 is 5.32 Å². The normalized spacial score (nSPS) is 23.9. The molecule has 24 heavy (non-hydrogen) atoms. The summed E-state index contributed by atoms with van der Waals surface area (Å²) in [5, 5.41) is 2.81. The second kappa shape index (κ2) is 5.41. The van der Waals surface area contributed by atoms with Gasteiger partial charge in [0, 0.05) is 10.3 Å². The lowest BCUT2D eigenvalue weighted by atomic mass is 10.0. The number of furan rings is 1. The van der Waals surface area contributed by atoms with E-state index in [9.17, 15) is 9.59 Å². The van der Waals surface area contributed by atoms with Gasteiger partial charge in [-0.25, -0.2) is 0 Å². The summed E-state index contributed by atoms with van der Waals surface area (Å²) in [7, 11) is 0. The molecule has 2 aliphatic rings. The number of nitrogens with zero attached hydrogens (tertiary/aromatic N) is 1. The van der Waals surface area contributed by atoms with Crippen LogP contribution in [0.2, 0.25) is 0 Å². The highest BCUT2D eigenvalue weighted by molar-refractivity contribution is 8.01. The lowest BCUT2D eigenvalue weighted by Crippen LogP contribution is -2.52. The maximum absolute atomic E-state index is 12.8. The molecule has 2 aromatic rings. The Morgan fingerprint density at radius 1 is 1.29 bits per heavy atom. The van der Waals surface area contributed by atoms with E-state index < -0.39 is 6.04 Å². The largest absolute Gasteiger partial charge is 0.467 e. The molecule has 1 aromatic heterocycles. The highest BCUT2D eigenvalue weighted by Crippen LogP contribution is 2.56. The van der Waals surface area contributed by atoms with E-state index in [1.54, 1.807) is 29.0 Å². The number of hydrogen-bond acceptors (Lipinski definition) is 4. The smallest absolute Gasteiger partial charge is 0.256 e. The maximum atomic E-state index is 12.8. The van der Waals surface area contributed by atoms with Crippen molar-refractivity contribution in [2.45, 2.75) is 36.6 Å². The van der Waals surface area contributed by atoms with E-state index >= 15 is 0 Å². The minimum atomic E-state index is -0.512. The first-order valence-corrected chi connectivity index (χ1v) is 8.76. The van der Waals surface area contributed by atoms with E-state index in [4.69, 9.17) is 4.42 Å². The van der Waals surface area contributed by atoms with E-state index in [0.717, 1.165) is 5.56 Å². The Kier molecular flexibility index (Phi) is 3.46. The van der Waals surface area contributed by atoms with Gasteiger partial charge in [-0.1, -0.05) is 18.2 Å². The van der Waals surface area contributed by atoms with Crippen molar-refractivity contribution >= 4 is 23.6 Å². The first-order chi connectivity index (χ1) is 11.5. The molecule has 2 aliphatic heterocycles. The van der Waals surface area contributed by atoms with Crippen molar-refractivity contribution in [3.63, 3.8) is 0 Å². The van der Waals surface area contributed by atoms with Crippen LogP contribution in [0.15, 0.2) is 47.1 Å². The lowest BCUT2D eigenvalue weighted by Gasteiger charge is -2.29. The number of amides is 2. The van der Waals surface area contributed by atoms with Gasteiger partial charge in [0.1, 0.15) is 17.2 Å². The molecule has 1 saturated heterocycles. The van der Waals surface area contributed by atoms with Gasteiger partial charge in [0.15, 0.2) is 0 Å². The Balaban J connectivity index is 1.61. The van der Waals surface area contributed by atoms with E-state index in [2.05, 4.69) is 5.32 Å². The molecule has 124 valence electrons. The predicted octanol–water partition coefficient (Wildman–Crippen LogP) is 2.94. The van der Waals surface area contributed by atoms with E-state index in [0.29, 0.717) is 17.9 Å². The van der Waals surface area contributed by atoms with Gasteiger partial charge >= 0.3 is 0 Å². The first-order valence-electron chi connectivity index (χ1n) is 7.88. The molecule has 1 N–H and O–H groups in total. The number of fused-ring (bicyclic) bond motifs is 3. The zero-order valence-corrected chi connectivity index (χ0v) is 14.3. The molecule has 3 heterocycles. The fourth-order valence-electron chi connectivity index (χ4n) is 3.49. The number of hydrogen-bond donors (Lipinski definition) is 1. The summed E-state index contributed by atoms with van der Waals surface area (Å²) in [6.07, 6.45) is 1.58. The highest BCUT2D eigenvalue weighted by Gasteiger charge is 2.57. The molecular formula is C18H18N2O3S. The van der Waals surface area contributed by atoms with Crippen LogP contribution in [0.5, 0.6) is 0 Å². The summed E-state index contributed by atoms with van der Waals surface area (Å²) >= 11 is 1.67. The highest BCUT2D eigenvalue weighted by atomic mass is 32.2. The molecule has 2 amide bonds. The van der Waals surface area contributed by atoms with Gasteiger partial charge in [-0.2, -0.15) is 0 Å². The Labute approximate surface area is 144 Å². The monoisotopic (exact) mass is 342 g/mol. The van der Waals surface area contributed by atoms with Crippen molar-refractivity contribution in [3.05, 3.63) is 59.5 Å². The van der Waals surface area contributed by atoms with Gasteiger partial charge in [-0.3, -0.25) is 9.59 Å². The van der Waals surface area contributed by atoms with Crippen LogP contribution >= 0.6 is 11.8 Å². The quantitative estimate of drug-likeness (QED) is 0.931. The summed E-state index contributed by atoms with van der Waals surface area (Å²) in [4.78, 5) is 27.4. The molecule has 4 rings (SSSR count). The molecule has 0 saturated carbocycles. The number of carbonyl (C=O) groups is 2. The predicted molar refractivity (Wildman–Crippen MR) is 91.4 cm³/mol. The van der Waals surface area contributed by atoms with Crippen molar-refractivity contribution in [2.24, 2.45) is 0 Å². The molecular weight excluding hydrogens is 324 g/mol. The molecule has 5 nitrogen and oxygen atoms in total. The molecule has 6 heteroatoms. The second-order valence-electron chi connectivity index (χ2n) is 6.57. The molecule has 0 radical (unpaired) electrons. The standard InChI is InChI=1S/C18H18N2O3S/c1-18(2)14(15(21)19-10-11-6-5-9-23-11)20-16(22)12-7-3-4-8-13(12)17(20)24-18/h3-9,14,17H,10H2,1-2H3,(H,19,21)/t14-,17-/m1/s1. The SMILES string of the molecule is CC1(C)S[C@@H]2c3ccccc3C(=O)N2[C@@H]1C(=O)NCc1ccco1. The molecule has 0 spiro atoms. The van der Waals surface area contributed by atoms with Crippen LogP contribution in [-0.2, 0) is 11.3 Å². The second-order valence-corrected chi connectivity index (χ2v) is 8.31. The summed E-state index contributed by atoms with van der Waals surface area (Å²) in [6, 6.07) is 10.7. The van der Waals surface area contributed by atoms with Crippen LogP contribution in [0.3, 0.4) is 0 Å². The maximum Gasteiger partial charge on any atom is 0.256 e. The minimum absolute atomic E-state index is 0.0631. The number of benzene rings is 1. The van der Waals surface area contributed by atoms with Gasteiger partial charge in [0.25, 0.3) is 5.91 Å². The molecule has 0 aliphatic carbocycles. The molecule has 0 bridgehead atoms. The van der Waals surface area contributed by atoms with E-state index in [-0.39, 0.29) is 21.9 Å². The lowest BCUT2D eigenvalue weighted by molar-refractivity contribution is -0.126. The fourth-order valence-corrected chi connectivity index (χ4v) is 5.08. The van der Waals surface area contributed by atoms with Crippen molar-refractivity contribution < 1.29 is 14.0 Å². The molecule has 2 atom stereocenters. The van der Waals surface area contributed by atoms with Crippen LogP contribution in [0.25, 0.3) is 0 Å². The molecule has 0 unspecified atom stereocenters. The van der Waals surface area contributed by atoms with Gasteiger partial charge in [-0.15, -0.1) is 11.8 Å². The fraction of sp³-hybridized carbons (Fsp3) is 0.333. The minimum Gasteiger partial charge on any atom is -0.467 e. The van der Waals surface area contributed by atoms with Crippen molar-refractivity contribution in [2.75, 3.05) is 0 Å². The van der Waals surface area contributed by atoms with E-state index in [1.807, 2.05) is 44.2 Å². The van der Waals surface area contributed by atoms with Crippen LogP contribution in [0.4, 0.5) is 0 Å². The number of rotatable bonds is 3. The average Bonchev–Trinajstić information content (AvgIpc) is 3.22. The van der Waals surface area contributed by atoms with Crippen LogP contribution in [0.1, 0.15) is 40.9 Å². The van der Waals surface area contributed by atoms with Gasteiger partial charge in [0.2, 0.25) is 5.91 Å². The van der Waals surface area contributed by atoms with Gasteiger partial charge < -0.3 is 14.6 Å². The van der Waals surface area contributed by atoms with Crippen molar-refractivity contribution in [3.8, 4) is 0 Å². The van der Waals surface area contributed by atoms with Crippen LogP contribution in [0, 0.1) is 0 Å².